The van der Waals surface area contributed by atoms with E-state index in [2.05, 4.69) is 10.0 Å². The van der Waals surface area contributed by atoms with Crippen molar-refractivity contribution in [3.63, 3.8) is 0 Å². The highest BCUT2D eigenvalue weighted by atomic mass is 32.2. The standard InChI is InChI=1S/C19H22N2O5S/c1-11(2)18-14-9-12(5-7-15(14)20-19(18)22)21-27(23,24)13-6-8-16(25-3)17(10-13)26-4/h5-11,18,21H,1-4H3,(H,20,22). The van der Waals surface area contributed by atoms with Crippen molar-refractivity contribution in [3.05, 3.63) is 42.0 Å². The first-order valence-corrected chi connectivity index (χ1v) is 9.95. The van der Waals surface area contributed by atoms with Gasteiger partial charge < -0.3 is 14.8 Å². The Hall–Kier alpha value is -2.74. The van der Waals surface area contributed by atoms with Crippen LogP contribution in [0.3, 0.4) is 0 Å². The number of nitrogens with one attached hydrogen (secondary N) is 2. The molecule has 0 saturated carbocycles. The van der Waals surface area contributed by atoms with E-state index in [1.807, 2.05) is 13.8 Å². The summed E-state index contributed by atoms with van der Waals surface area (Å²) in [7, 11) is -0.906. The highest BCUT2D eigenvalue weighted by Gasteiger charge is 2.33. The molecule has 27 heavy (non-hydrogen) atoms. The molecule has 1 unspecified atom stereocenters. The van der Waals surface area contributed by atoms with Crippen molar-refractivity contribution in [2.24, 2.45) is 5.92 Å². The zero-order valence-electron chi connectivity index (χ0n) is 15.6. The molecule has 0 spiro atoms. The monoisotopic (exact) mass is 390 g/mol. The van der Waals surface area contributed by atoms with Crippen LogP contribution >= 0.6 is 0 Å². The maximum absolute atomic E-state index is 12.8. The fourth-order valence-corrected chi connectivity index (χ4v) is 4.27. The van der Waals surface area contributed by atoms with Crippen LogP contribution in [0.25, 0.3) is 0 Å². The zero-order valence-corrected chi connectivity index (χ0v) is 16.4. The highest BCUT2D eigenvalue weighted by molar-refractivity contribution is 7.92. The summed E-state index contributed by atoms with van der Waals surface area (Å²) in [5.74, 6) is 0.497. The fraction of sp³-hybridized carbons (Fsp3) is 0.316. The highest BCUT2D eigenvalue weighted by Crippen LogP contribution is 2.39. The minimum Gasteiger partial charge on any atom is -0.493 e. The Balaban J connectivity index is 1.93. The Morgan fingerprint density at radius 1 is 1.04 bits per heavy atom. The summed E-state index contributed by atoms with van der Waals surface area (Å²) in [5.41, 5.74) is 1.90. The number of hydrogen-bond acceptors (Lipinski definition) is 5. The lowest BCUT2D eigenvalue weighted by Gasteiger charge is -2.15. The van der Waals surface area contributed by atoms with Gasteiger partial charge in [-0.05, 0) is 41.8 Å². The topological polar surface area (TPSA) is 93.7 Å². The number of methoxy groups -OCH3 is 2. The molecule has 2 aromatic rings. The number of carbonyl (C=O) groups is 1. The molecule has 1 atom stereocenters. The molecule has 2 N–H and O–H groups in total. The molecule has 1 aliphatic heterocycles. The van der Waals surface area contributed by atoms with Gasteiger partial charge in [0.15, 0.2) is 11.5 Å². The Bertz CT molecular complexity index is 986. The van der Waals surface area contributed by atoms with Gasteiger partial charge in [0.25, 0.3) is 10.0 Å². The zero-order chi connectivity index (χ0) is 19.8. The summed E-state index contributed by atoms with van der Waals surface area (Å²) in [6.45, 7) is 3.92. The molecular weight excluding hydrogens is 368 g/mol. The van der Waals surface area contributed by atoms with Gasteiger partial charge in [0.1, 0.15) is 0 Å². The van der Waals surface area contributed by atoms with E-state index in [4.69, 9.17) is 9.47 Å². The second-order valence-corrected chi connectivity index (χ2v) is 8.32. The smallest absolute Gasteiger partial charge is 0.262 e. The lowest BCUT2D eigenvalue weighted by atomic mass is 9.89. The van der Waals surface area contributed by atoms with Crippen LogP contribution in [0.5, 0.6) is 11.5 Å². The predicted molar refractivity (Wildman–Crippen MR) is 103 cm³/mol. The normalized spacial score (nSPS) is 16.0. The SMILES string of the molecule is COc1ccc(S(=O)(=O)Nc2ccc3c(c2)C(C(C)C)C(=O)N3)cc1OC. The average Bonchev–Trinajstić information content (AvgIpc) is 2.95. The van der Waals surface area contributed by atoms with Crippen LogP contribution in [0.15, 0.2) is 41.3 Å². The number of rotatable bonds is 6. The van der Waals surface area contributed by atoms with Crippen LogP contribution in [0.1, 0.15) is 25.3 Å². The van der Waals surface area contributed by atoms with Crippen molar-refractivity contribution in [3.8, 4) is 11.5 Å². The third-order valence-electron chi connectivity index (χ3n) is 4.51. The first kappa shape index (κ1) is 19.0. The van der Waals surface area contributed by atoms with Crippen molar-refractivity contribution in [2.45, 2.75) is 24.7 Å². The fourth-order valence-electron chi connectivity index (χ4n) is 3.21. The van der Waals surface area contributed by atoms with E-state index in [-0.39, 0.29) is 22.6 Å². The Morgan fingerprint density at radius 3 is 2.37 bits per heavy atom. The maximum Gasteiger partial charge on any atom is 0.262 e. The number of anilines is 2. The molecule has 0 aromatic heterocycles. The quantitative estimate of drug-likeness (QED) is 0.790. The first-order chi connectivity index (χ1) is 12.8. The van der Waals surface area contributed by atoms with E-state index in [1.54, 1.807) is 18.2 Å². The molecule has 0 saturated heterocycles. The van der Waals surface area contributed by atoms with Crippen molar-refractivity contribution in [1.82, 2.24) is 0 Å². The van der Waals surface area contributed by atoms with Crippen molar-refractivity contribution in [1.29, 1.82) is 0 Å². The Kier molecular flexibility index (Phi) is 5.01. The molecule has 0 bridgehead atoms. The summed E-state index contributed by atoms with van der Waals surface area (Å²) in [6, 6.07) is 9.42. The summed E-state index contributed by atoms with van der Waals surface area (Å²) in [4.78, 5) is 12.2. The average molecular weight is 390 g/mol. The largest absolute Gasteiger partial charge is 0.493 e. The predicted octanol–water partition coefficient (Wildman–Crippen LogP) is 3.20. The summed E-state index contributed by atoms with van der Waals surface area (Å²) < 4.78 is 38.4. The first-order valence-electron chi connectivity index (χ1n) is 8.46. The van der Waals surface area contributed by atoms with Crippen LogP contribution < -0.4 is 19.5 Å². The van der Waals surface area contributed by atoms with Gasteiger partial charge >= 0.3 is 0 Å². The minimum atomic E-state index is -3.83. The van der Waals surface area contributed by atoms with Crippen LogP contribution in [0, 0.1) is 5.92 Å². The van der Waals surface area contributed by atoms with Gasteiger partial charge in [-0.15, -0.1) is 0 Å². The lowest BCUT2D eigenvalue weighted by molar-refractivity contribution is -0.117. The molecule has 3 rings (SSSR count). The lowest BCUT2D eigenvalue weighted by Crippen LogP contribution is -2.17. The van der Waals surface area contributed by atoms with E-state index in [1.165, 1.54) is 32.4 Å². The van der Waals surface area contributed by atoms with Crippen molar-refractivity contribution in [2.75, 3.05) is 24.3 Å². The van der Waals surface area contributed by atoms with Crippen LogP contribution in [-0.2, 0) is 14.8 Å². The molecule has 1 amide bonds. The van der Waals surface area contributed by atoms with Gasteiger partial charge in [0.2, 0.25) is 5.91 Å². The third-order valence-corrected chi connectivity index (χ3v) is 5.89. The van der Waals surface area contributed by atoms with Gasteiger partial charge in [0, 0.05) is 17.4 Å². The van der Waals surface area contributed by atoms with E-state index in [0.29, 0.717) is 22.9 Å². The second kappa shape index (κ2) is 7.11. The Labute approximate surface area is 158 Å². The van der Waals surface area contributed by atoms with Crippen LogP contribution in [0.4, 0.5) is 11.4 Å². The third kappa shape index (κ3) is 3.57. The van der Waals surface area contributed by atoms with Crippen molar-refractivity contribution >= 4 is 27.3 Å². The maximum atomic E-state index is 12.8. The molecule has 8 heteroatoms. The molecule has 0 radical (unpaired) electrons. The summed E-state index contributed by atoms with van der Waals surface area (Å²) >= 11 is 0. The molecule has 7 nitrogen and oxygen atoms in total. The van der Waals surface area contributed by atoms with Crippen LogP contribution in [0.2, 0.25) is 0 Å². The molecule has 1 heterocycles. The number of amides is 1. The van der Waals surface area contributed by atoms with Gasteiger partial charge in [-0.1, -0.05) is 13.8 Å². The molecular formula is C19H22N2O5S. The Morgan fingerprint density at radius 2 is 1.74 bits per heavy atom. The number of carbonyl (C=O) groups excluding carboxylic acids is 1. The summed E-state index contributed by atoms with van der Waals surface area (Å²) in [5, 5.41) is 2.83. The minimum absolute atomic E-state index is 0.0512. The number of sulfonamides is 1. The summed E-state index contributed by atoms with van der Waals surface area (Å²) in [6.07, 6.45) is 0. The molecule has 2 aromatic carbocycles. The molecule has 0 fully saturated rings. The van der Waals surface area contributed by atoms with Gasteiger partial charge in [-0.3, -0.25) is 9.52 Å². The van der Waals surface area contributed by atoms with E-state index in [9.17, 15) is 13.2 Å². The molecule has 0 aliphatic carbocycles. The molecule has 1 aliphatic rings. The van der Waals surface area contributed by atoms with E-state index >= 15 is 0 Å². The molecule has 144 valence electrons. The number of ether oxygens (including phenoxy) is 2. The number of fused-ring (bicyclic) bond motifs is 1. The van der Waals surface area contributed by atoms with E-state index < -0.39 is 10.0 Å². The number of hydrogen-bond donors (Lipinski definition) is 2. The van der Waals surface area contributed by atoms with Gasteiger partial charge in [0.05, 0.1) is 25.0 Å². The van der Waals surface area contributed by atoms with E-state index in [0.717, 1.165) is 5.56 Å². The van der Waals surface area contributed by atoms with Crippen molar-refractivity contribution < 1.29 is 22.7 Å². The number of benzene rings is 2. The second-order valence-electron chi connectivity index (χ2n) is 6.64. The van der Waals surface area contributed by atoms with Gasteiger partial charge in [-0.25, -0.2) is 8.42 Å². The van der Waals surface area contributed by atoms with Crippen LogP contribution in [-0.4, -0.2) is 28.5 Å². The van der Waals surface area contributed by atoms with Gasteiger partial charge in [-0.2, -0.15) is 0 Å².